The highest BCUT2D eigenvalue weighted by Gasteiger charge is 2.51. The molecule has 0 bridgehead atoms. The van der Waals surface area contributed by atoms with Gasteiger partial charge in [0, 0.05) is 11.1 Å². The van der Waals surface area contributed by atoms with Crippen molar-refractivity contribution in [2.75, 3.05) is 28.0 Å². The normalized spacial score (nSPS) is 15.4. The number of anilines is 3. The maximum absolute atomic E-state index is 13.6. The van der Waals surface area contributed by atoms with Crippen LogP contribution < -0.4 is 25.0 Å². The van der Waals surface area contributed by atoms with Crippen LogP contribution in [-0.4, -0.2) is 51.5 Å². The molecule has 0 aliphatic carbocycles. The molecule has 3 N–H and O–H groups in total. The summed E-state index contributed by atoms with van der Waals surface area (Å²) >= 11 is 1.38. The number of rotatable bonds is 7. The number of hydrogen-bond acceptors (Lipinski definition) is 7. The molecule has 0 saturated heterocycles. The number of carbonyl (C=O) groups is 2. The SMILES string of the molecule is CC(C)(OC(=O)Nc1ccc2c(c1)N(S(=O)(=O)c1ccc(F)cc1)CC(CNC(=O)Nc1ccsc1)O2)C(F)(F)F. The number of benzene rings is 2. The fourth-order valence-electron chi connectivity index (χ4n) is 3.61. The lowest BCUT2D eigenvalue weighted by molar-refractivity contribution is -0.242. The van der Waals surface area contributed by atoms with E-state index in [1.165, 1.54) is 29.5 Å². The van der Waals surface area contributed by atoms with Gasteiger partial charge in [-0.05, 0) is 67.8 Å². The molecule has 10 nitrogen and oxygen atoms in total. The third kappa shape index (κ3) is 7.00. The van der Waals surface area contributed by atoms with Gasteiger partial charge < -0.3 is 20.1 Å². The van der Waals surface area contributed by atoms with Crippen molar-refractivity contribution in [1.82, 2.24) is 5.32 Å². The second-order valence-electron chi connectivity index (χ2n) is 9.28. The minimum atomic E-state index is -4.84. The Kier molecular flexibility index (Phi) is 8.35. The summed E-state index contributed by atoms with van der Waals surface area (Å²) in [4.78, 5) is 24.2. The summed E-state index contributed by atoms with van der Waals surface area (Å²) in [6.45, 7) is 0.947. The molecule has 41 heavy (non-hydrogen) atoms. The van der Waals surface area contributed by atoms with Crippen LogP contribution in [0, 0.1) is 5.82 Å². The van der Waals surface area contributed by atoms with Gasteiger partial charge in [-0.3, -0.25) is 9.62 Å². The lowest BCUT2D eigenvalue weighted by Crippen LogP contribution is -2.49. The van der Waals surface area contributed by atoms with Crippen molar-refractivity contribution in [3.8, 4) is 5.75 Å². The minimum absolute atomic E-state index is 0.0431. The van der Waals surface area contributed by atoms with Gasteiger partial charge in [0.25, 0.3) is 10.0 Å². The van der Waals surface area contributed by atoms with E-state index in [4.69, 9.17) is 4.74 Å². The van der Waals surface area contributed by atoms with E-state index in [1.807, 2.05) is 0 Å². The van der Waals surface area contributed by atoms with Crippen LogP contribution in [0.4, 0.5) is 44.2 Å². The van der Waals surface area contributed by atoms with Gasteiger partial charge in [-0.15, -0.1) is 0 Å². The summed E-state index contributed by atoms with van der Waals surface area (Å²) in [7, 11) is -4.33. The average molecular weight is 617 g/mol. The van der Waals surface area contributed by atoms with Crippen molar-refractivity contribution in [3.05, 3.63) is 65.1 Å². The average Bonchev–Trinajstić information content (AvgIpc) is 3.39. The number of nitrogens with zero attached hydrogens (tertiary/aromatic N) is 1. The zero-order valence-electron chi connectivity index (χ0n) is 21.5. The summed E-state index contributed by atoms with van der Waals surface area (Å²) in [5.74, 6) is -0.613. The molecular formula is C25H24F4N4O6S2. The van der Waals surface area contributed by atoms with E-state index >= 15 is 0 Å². The number of halogens is 4. The Balaban J connectivity index is 1.59. The van der Waals surface area contributed by atoms with Crippen LogP contribution in [0.25, 0.3) is 0 Å². The molecule has 16 heteroatoms. The summed E-state index contributed by atoms with van der Waals surface area (Å²) in [5, 5.41) is 10.9. The first kappa shape index (κ1) is 29.9. The van der Waals surface area contributed by atoms with Crippen LogP contribution in [-0.2, 0) is 14.8 Å². The molecule has 3 aromatic rings. The number of thiophene rings is 1. The largest absolute Gasteiger partial charge is 0.484 e. The molecular weight excluding hydrogens is 592 g/mol. The number of urea groups is 1. The second kappa shape index (κ2) is 11.4. The van der Waals surface area contributed by atoms with E-state index in [-0.39, 0.29) is 35.1 Å². The van der Waals surface area contributed by atoms with E-state index in [9.17, 15) is 35.6 Å². The predicted molar refractivity (Wildman–Crippen MR) is 143 cm³/mol. The van der Waals surface area contributed by atoms with Crippen LogP contribution in [0.15, 0.2) is 64.2 Å². The van der Waals surface area contributed by atoms with Crippen LogP contribution in [0.5, 0.6) is 5.75 Å². The Labute approximate surface area is 236 Å². The number of sulfonamides is 1. The standard InChI is InChI=1S/C25H24F4N4O6S2/c1-24(2,25(27,28)29)39-23(35)32-16-5-8-21-20(11-16)33(41(36,37)19-6-3-15(26)4-7-19)13-18(38-21)12-30-22(34)31-17-9-10-40-14-17/h3-11,14,18H,12-13H2,1-2H3,(H,32,35)(H2,30,31,34). The molecule has 0 radical (unpaired) electrons. The number of hydrogen-bond donors (Lipinski definition) is 3. The van der Waals surface area contributed by atoms with Crippen molar-refractivity contribution >= 4 is 50.5 Å². The van der Waals surface area contributed by atoms with Gasteiger partial charge in [0.05, 0.1) is 29.4 Å². The van der Waals surface area contributed by atoms with Gasteiger partial charge in [0.2, 0.25) is 5.60 Å². The van der Waals surface area contributed by atoms with Crippen LogP contribution in [0.3, 0.4) is 0 Å². The lowest BCUT2D eigenvalue weighted by Gasteiger charge is -2.36. The molecule has 0 spiro atoms. The van der Waals surface area contributed by atoms with Crippen molar-refractivity contribution in [1.29, 1.82) is 0 Å². The Hall–Kier alpha value is -4.05. The first-order valence-corrected chi connectivity index (χ1v) is 14.3. The predicted octanol–water partition coefficient (Wildman–Crippen LogP) is 5.55. The number of alkyl halides is 3. The van der Waals surface area contributed by atoms with Gasteiger partial charge >= 0.3 is 18.3 Å². The Morgan fingerprint density at radius 2 is 1.78 bits per heavy atom. The van der Waals surface area contributed by atoms with E-state index in [1.54, 1.807) is 16.8 Å². The molecule has 1 aliphatic rings. The zero-order chi connectivity index (χ0) is 30.0. The third-order valence-electron chi connectivity index (χ3n) is 5.84. The molecule has 1 aliphatic heterocycles. The van der Waals surface area contributed by atoms with E-state index < -0.39 is 45.8 Å². The third-order valence-corrected chi connectivity index (χ3v) is 8.32. The smallest absolute Gasteiger partial charge is 0.427 e. The minimum Gasteiger partial charge on any atom is -0.484 e. The topological polar surface area (TPSA) is 126 Å². The van der Waals surface area contributed by atoms with Crippen molar-refractivity contribution < 1.29 is 45.0 Å². The second-order valence-corrected chi connectivity index (χ2v) is 11.9. The molecule has 1 atom stereocenters. The maximum atomic E-state index is 13.6. The summed E-state index contributed by atoms with van der Waals surface area (Å²) in [6, 6.07) is 9.00. The number of carbonyl (C=O) groups excluding carboxylic acids is 2. The number of ether oxygens (including phenoxy) is 2. The van der Waals surface area contributed by atoms with Gasteiger partial charge in [-0.1, -0.05) is 0 Å². The molecule has 220 valence electrons. The first-order chi connectivity index (χ1) is 19.2. The molecule has 1 aromatic heterocycles. The molecule has 4 rings (SSSR count). The van der Waals surface area contributed by atoms with Gasteiger partial charge in [0.1, 0.15) is 17.7 Å². The highest BCUT2D eigenvalue weighted by molar-refractivity contribution is 7.92. The highest BCUT2D eigenvalue weighted by Crippen LogP contribution is 2.39. The summed E-state index contributed by atoms with van der Waals surface area (Å²) in [5.41, 5.74) is -2.36. The number of amides is 3. The fraction of sp³-hybridized carbons (Fsp3) is 0.280. The van der Waals surface area contributed by atoms with Crippen LogP contribution in [0.1, 0.15) is 13.8 Å². The van der Waals surface area contributed by atoms with E-state index in [0.717, 1.165) is 28.6 Å². The molecule has 2 heterocycles. The fourth-order valence-corrected chi connectivity index (χ4v) is 5.69. The first-order valence-electron chi connectivity index (χ1n) is 11.9. The number of fused-ring (bicyclic) bond motifs is 1. The van der Waals surface area contributed by atoms with Crippen LogP contribution in [0.2, 0.25) is 0 Å². The zero-order valence-corrected chi connectivity index (χ0v) is 23.1. The van der Waals surface area contributed by atoms with Gasteiger partial charge in [-0.2, -0.15) is 24.5 Å². The molecule has 0 saturated carbocycles. The van der Waals surface area contributed by atoms with E-state index in [2.05, 4.69) is 20.7 Å². The van der Waals surface area contributed by atoms with Crippen molar-refractivity contribution in [3.63, 3.8) is 0 Å². The van der Waals surface area contributed by atoms with Gasteiger partial charge in [-0.25, -0.2) is 22.4 Å². The maximum Gasteiger partial charge on any atom is 0.427 e. The van der Waals surface area contributed by atoms with E-state index in [0.29, 0.717) is 19.5 Å². The number of nitrogens with one attached hydrogen (secondary N) is 3. The Bertz CT molecular complexity index is 1510. The summed E-state index contributed by atoms with van der Waals surface area (Å²) < 4.78 is 91.4. The molecule has 3 amide bonds. The quantitative estimate of drug-likeness (QED) is 0.299. The highest BCUT2D eigenvalue weighted by atomic mass is 32.2. The van der Waals surface area contributed by atoms with Gasteiger partial charge in [0.15, 0.2) is 0 Å². The molecule has 2 aromatic carbocycles. The Morgan fingerprint density at radius 1 is 1.07 bits per heavy atom. The van der Waals surface area contributed by atoms with Crippen LogP contribution >= 0.6 is 11.3 Å². The van der Waals surface area contributed by atoms with Crippen molar-refractivity contribution in [2.45, 2.75) is 36.6 Å². The molecule has 0 fully saturated rings. The summed E-state index contributed by atoms with van der Waals surface area (Å²) in [6.07, 6.45) is -7.13. The monoisotopic (exact) mass is 616 g/mol. The lowest BCUT2D eigenvalue weighted by atomic mass is 10.1. The Morgan fingerprint density at radius 3 is 2.41 bits per heavy atom. The van der Waals surface area contributed by atoms with Crippen molar-refractivity contribution in [2.24, 2.45) is 0 Å². The molecule has 1 unspecified atom stereocenters.